The van der Waals surface area contributed by atoms with Crippen molar-refractivity contribution in [3.8, 4) is 17.1 Å². The van der Waals surface area contributed by atoms with E-state index in [0.717, 1.165) is 45.0 Å². The number of ether oxygens (including phenoxy) is 2. The van der Waals surface area contributed by atoms with Crippen molar-refractivity contribution in [3.05, 3.63) is 88.6 Å². The number of thiazole rings is 1. The van der Waals surface area contributed by atoms with Crippen LogP contribution in [0.25, 0.3) is 26.6 Å². The summed E-state index contributed by atoms with van der Waals surface area (Å²) in [7, 11) is 0. The first kappa shape index (κ1) is 22.9. The van der Waals surface area contributed by atoms with Gasteiger partial charge in [0.25, 0.3) is 5.69 Å². The maximum atomic E-state index is 12.3. The van der Waals surface area contributed by atoms with E-state index in [2.05, 4.69) is 15.3 Å². The quantitative estimate of drug-likeness (QED) is 0.218. The minimum Gasteiger partial charge on any atom is -0.475 e. The van der Waals surface area contributed by atoms with Gasteiger partial charge in [0.1, 0.15) is 18.0 Å². The average molecular weight is 516 g/mol. The summed E-state index contributed by atoms with van der Waals surface area (Å²) in [6, 6.07) is 19.6. The molecular formula is C26H21N5O5S. The summed E-state index contributed by atoms with van der Waals surface area (Å²) in [5.74, 6) is 0.471. The van der Waals surface area contributed by atoms with Gasteiger partial charge in [-0.25, -0.2) is 14.8 Å². The molecule has 1 amide bonds. The molecule has 37 heavy (non-hydrogen) atoms. The molecule has 11 heteroatoms. The Morgan fingerprint density at radius 1 is 1.08 bits per heavy atom. The lowest BCUT2D eigenvalue weighted by atomic mass is 10.1. The number of fused-ring (bicyclic) bond motifs is 3. The van der Waals surface area contributed by atoms with Crippen molar-refractivity contribution < 1.29 is 19.2 Å². The number of nitro benzene ring substituents is 1. The third-order valence-electron chi connectivity index (χ3n) is 6.24. The van der Waals surface area contributed by atoms with Gasteiger partial charge in [-0.15, -0.1) is 0 Å². The number of non-ortho nitro benzene ring substituents is 1. The monoisotopic (exact) mass is 515 g/mol. The number of carbonyl (C=O) groups excluding carboxylic acids is 1. The lowest BCUT2D eigenvalue weighted by Crippen LogP contribution is -2.41. The highest BCUT2D eigenvalue weighted by molar-refractivity contribution is 7.23. The second kappa shape index (κ2) is 9.17. The third-order valence-corrected chi connectivity index (χ3v) is 7.20. The van der Waals surface area contributed by atoms with E-state index in [0.29, 0.717) is 12.5 Å². The Morgan fingerprint density at radius 2 is 1.86 bits per heavy atom. The zero-order chi connectivity index (χ0) is 25.4. The fourth-order valence-electron chi connectivity index (χ4n) is 3.99. The normalized spacial score (nSPS) is 13.9. The number of imidazole rings is 1. The number of amides is 1. The first-order chi connectivity index (χ1) is 18.0. The van der Waals surface area contributed by atoms with Gasteiger partial charge < -0.3 is 14.8 Å². The zero-order valence-electron chi connectivity index (χ0n) is 19.5. The van der Waals surface area contributed by atoms with Gasteiger partial charge in [-0.1, -0.05) is 41.7 Å². The van der Waals surface area contributed by atoms with Gasteiger partial charge in [0.05, 0.1) is 21.7 Å². The van der Waals surface area contributed by atoms with Crippen molar-refractivity contribution >= 4 is 38.4 Å². The fourth-order valence-corrected chi connectivity index (χ4v) is 4.96. The summed E-state index contributed by atoms with van der Waals surface area (Å²) in [6.07, 6.45) is 3.06. The Hall–Kier alpha value is -4.51. The Labute approximate surface area is 214 Å². The topological polar surface area (TPSA) is 121 Å². The molecule has 186 valence electrons. The molecule has 5 aromatic rings. The fraction of sp³-hybridized carbons (Fsp3) is 0.192. The highest BCUT2D eigenvalue weighted by atomic mass is 32.1. The largest absolute Gasteiger partial charge is 0.475 e. The number of hydrogen-bond acceptors (Lipinski definition) is 8. The molecule has 3 heterocycles. The Kier molecular flexibility index (Phi) is 5.68. The van der Waals surface area contributed by atoms with E-state index in [4.69, 9.17) is 9.47 Å². The van der Waals surface area contributed by atoms with Crippen molar-refractivity contribution in [1.29, 1.82) is 0 Å². The molecule has 1 N–H and O–H groups in total. The second-order valence-electron chi connectivity index (χ2n) is 8.91. The minimum absolute atomic E-state index is 0.0409. The highest BCUT2D eigenvalue weighted by Gasteiger charge is 2.45. The van der Waals surface area contributed by atoms with E-state index in [1.807, 2.05) is 47.0 Å². The molecule has 1 aliphatic carbocycles. The van der Waals surface area contributed by atoms with E-state index < -0.39 is 16.6 Å². The van der Waals surface area contributed by atoms with E-state index in [1.165, 1.54) is 23.5 Å². The molecule has 10 nitrogen and oxygen atoms in total. The van der Waals surface area contributed by atoms with Gasteiger partial charge >= 0.3 is 6.09 Å². The molecule has 1 fully saturated rings. The minimum atomic E-state index is -0.461. The van der Waals surface area contributed by atoms with Gasteiger partial charge in [0.2, 0.25) is 5.88 Å². The Balaban J connectivity index is 1.10. The van der Waals surface area contributed by atoms with Gasteiger partial charge in [-0.3, -0.25) is 14.5 Å². The Morgan fingerprint density at radius 3 is 2.59 bits per heavy atom. The number of nitro groups is 1. The lowest BCUT2D eigenvalue weighted by Gasteiger charge is -2.17. The van der Waals surface area contributed by atoms with Crippen molar-refractivity contribution in [2.24, 2.45) is 0 Å². The molecule has 1 saturated carbocycles. The van der Waals surface area contributed by atoms with E-state index in [9.17, 15) is 14.9 Å². The lowest BCUT2D eigenvalue weighted by molar-refractivity contribution is -0.384. The summed E-state index contributed by atoms with van der Waals surface area (Å²) >= 11 is 1.43. The molecule has 2 aromatic carbocycles. The maximum absolute atomic E-state index is 12.3. The van der Waals surface area contributed by atoms with E-state index >= 15 is 0 Å². The maximum Gasteiger partial charge on any atom is 0.408 e. The van der Waals surface area contributed by atoms with Crippen LogP contribution in [0.1, 0.15) is 18.4 Å². The standard InChI is InChI=1S/C26H21N5O5S/c32-25(35-15-17-4-2-1-3-5-17)29-26(12-13-26)16-36-22-11-10-21-23(28-22)37-24-27-20(14-30(21)24)18-6-8-19(9-7-18)31(33)34/h1-11,14H,12-13,15-16H2,(H,29,32). The van der Waals surface area contributed by atoms with Crippen LogP contribution in [0.5, 0.6) is 5.88 Å². The summed E-state index contributed by atoms with van der Waals surface area (Å²) in [6.45, 7) is 0.521. The number of benzene rings is 2. The number of pyridine rings is 1. The van der Waals surface area contributed by atoms with Gasteiger partial charge in [0.15, 0.2) is 4.96 Å². The van der Waals surface area contributed by atoms with E-state index in [1.54, 1.807) is 18.2 Å². The average Bonchev–Trinajstić information content (AvgIpc) is 3.41. The number of nitrogens with zero attached hydrogens (tertiary/aromatic N) is 4. The summed E-state index contributed by atoms with van der Waals surface area (Å²) < 4.78 is 13.2. The van der Waals surface area contributed by atoms with Crippen molar-refractivity contribution in [2.75, 3.05) is 6.61 Å². The predicted octanol–water partition coefficient (Wildman–Crippen LogP) is 5.36. The van der Waals surface area contributed by atoms with E-state index in [-0.39, 0.29) is 12.3 Å². The first-order valence-corrected chi connectivity index (χ1v) is 12.4. The van der Waals surface area contributed by atoms with Crippen LogP contribution in [0, 0.1) is 10.1 Å². The highest BCUT2D eigenvalue weighted by Crippen LogP contribution is 2.36. The van der Waals surface area contributed by atoms with Gasteiger partial charge in [-0.2, -0.15) is 0 Å². The predicted molar refractivity (Wildman–Crippen MR) is 138 cm³/mol. The van der Waals surface area contributed by atoms with Crippen LogP contribution in [0.15, 0.2) is 72.9 Å². The van der Waals surface area contributed by atoms with Crippen LogP contribution in [0.3, 0.4) is 0 Å². The molecule has 0 radical (unpaired) electrons. The number of carbonyl (C=O) groups is 1. The van der Waals surface area contributed by atoms with Crippen molar-refractivity contribution in [2.45, 2.75) is 25.0 Å². The number of aromatic nitrogens is 3. The van der Waals surface area contributed by atoms with Crippen LogP contribution in [-0.4, -0.2) is 37.5 Å². The number of hydrogen-bond donors (Lipinski definition) is 1. The van der Waals surface area contributed by atoms with Crippen LogP contribution < -0.4 is 10.1 Å². The first-order valence-electron chi connectivity index (χ1n) is 11.6. The molecule has 0 bridgehead atoms. The van der Waals surface area contributed by atoms with Gasteiger partial charge in [-0.05, 0) is 36.6 Å². The number of alkyl carbamates (subject to hydrolysis) is 1. The molecule has 0 atom stereocenters. The van der Waals surface area contributed by atoms with Crippen LogP contribution in [0.2, 0.25) is 0 Å². The third kappa shape index (κ3) is 4.81. The molecule has 1 aliphatic rings. The zero-order valence-corrected chi connectivity index (χ0v) is 20.3. The second-order valence-corrected chi connectivity index (χ2v) is 9.87. The molecule has 0 unspecified atom stereocenters. The SMILES string of the molecule is O=C(NC1(COc2ccc3c(n2)sc2nc(-c4ccc([N+](=O)[O-])cc4)cn23)CC1)OCc1ccccc1. The molecular weight excluding hydrogens is 494 g/mol. The molecule has 3 aromatic heterocycles. The molecule has 0 aliphatic heterocycles. The van der Waals surface area contributed by atoms with Gasteiger partial charge in [0, 0.05) is 30.0 Å². The van der Waals surface area contributed by atoms with Crippen LogP contribution in [0.4, 0.5) is 10.5 Å². The summed E-state index contributed by atoms with van der Waals surface area (Å²) in [5.41, 5.74) is 2.94. The molecule has 0 spiro atoms. The van der Waals surface area contributed by atoms with Crippen molar-refractivity contribution in [1.82, 2.24) is 19.7 Å². The summed E-state index contributed by atoms with van der Waals surface area (Å²) in [5, 5.41) is 13.8. The smallest absolute Gasteiger partial charge is 0.408 e. The summed E-state index contributed by atoms with van der Waals surface area (Å²) in [4.78, 5) is 33.5. The Bertz CT molecular complexity index is 1610. The van der Waals surface area contributed by atoms with Crippen LogP contribution >= 0.6 is 11.3 Å². The number of nitrogens with one attached hydrogen (secondary N) is 1. The molecule has 0 saturated heterocycles. The van der Waals surface area contributed by atoms with Crippen molar-refractivity contribution in [3.63, 3.8) is 0 Å². The van der Waals surface area contributed by atoms with Crippen LogP contribution in [-0.2, 0) is 11.3 Å². The number of rotatable bonds is 8. The molecule has 6 rings (SSSR count).